The fraction of sp³-hybridized carbons (Fsp3) is 0.500. The molecule has 0 unspecified atom stereocenters. The van der Waals surface area contributed by atoms with E-state index < -0.39 is 0 Å². The minimum absolute atomic E-state index is 0.215. The number of phenolic OH excluding ortho intramolecular Hbond substituents is 1. The Morgan fingerprint density at radius 2 is 1.94 bits per heavy atom. The highest BCUT2D eigenvalue weighted by molar-refractivity contribution is 5.69. The third-order valence-electron chi connectivity index (χ3n) is 2.56. The summed E-state index contributed by atoms with van der Waals surface area (Å²) < 4.78 is 5.11. The summed E-state index contributed by atoms with van der Waals surface area (Å²) in [5, 5.41) is 9.12. The van der Waals surface area contributed by atoms with Crippen molar-refractivity contribution >= 4 is 5.97 Å². The van der Waals surface area contributed by atoms with Crippen LogP contribution in [0.25, 0.3) is 0 Å². The number of rotatable bonds is 6. The van der Waals surface area contributed by atoms with Crippen LogP contribution in [0, 0.1) is 0 Å². The normalized spacial score (nSPS) is 11.3. The van der Waals surface area contributed by atoms with Crippen molar-refractivity contribution in [2.24, 2.45) is 5.73 Å². The highest BCUT2D eigenvalue weighted by Gasteiger charge is 2.13. The van der Waals surface area contributed by atoms with Crippen LogP contribution in [0.1, 0.15) is 32.3 Å². The topological polar surface area (TPSA) is 72.6 Å². The van der Waals surface area contributed by atoms with Crippen molar-refractivity contribution in [1.82, 2.24) is 0 Å². The van der Waals surface area contributed by atoms with Gasteiger partial charge in [0.1, 0.15) is 5.75 Å². The van der Waals surface area contributed by atoms with Gasteiger partial charge in [-0.05, 0) is 38.0 Å². The lowest BCUT2D eigenvalue weighted by Crippen LogP contribution is -2.32. The summed E-state index contributed by atoms with van der Waals surface area (Å²) in [5.41, 5.74) is 6.48. The van der Waals surface area contributed by atoms with Gasteiger partial charge in [-0.25, -0.2) is 0 Å². The largest absolute Gasteiger partial charge is 0.508 e. The number of hydrogen-bond acceptors (Lipinski definition) is 4. The van der Waals surface area contributed by atoms with E-state index in [9.17, 15) is 4.79 Å². The maximum absolute atomic E-state index is 11.4. The number of ether oxygens (including phenoxy) is 1. The summed E-state index contributed by atoms with van der Waals surface area (Å²) in [7, 11) is 0. The number of aromatic hydroxyl groups is 1. The van der Waals surface area contributed by atoms with Crippen molar-refractivity contribution in [2.45, 2.75) is 38.6 Å². The molecular weight excluding hydrogens is 230 g/mol. The molecule has 4 heteroatoms. The molecule has 0 heterocycles. The zero-order valence-corrected chi connectivity index (χ0v) is 11.0. The number of carbonyl (C=O) groups is 1. The van der Waals surface area contributed by atoms with Crippen LogP contribution in [-0.4, -0.2) is 23.2 Å². The smallest absolute Gasteiger partial charge is 0.305 e. The van der Waals surface area contributed by atoms with Gasteiger partial charge in [0.15, 0.2) is 0 Å². The summed E-state index contributed by atoms with van der Waals surface area (Å²) >= 11 is 0. The van der Waals surface area contributed by atoms with Crippen LogP contribution < -0.4 is 5.73 Å². The summed E-state index contributed by atoms with van der Waals surface area (Å²) in [5.74, 6) is 0.0215. The van der Waals surface area contributed by atoms with Crippen molar-refractivity contribution in [3.8, 4) is 5.75 Å². The van der Waals surface area contributed by atoms with Gasteiger partial charge in [-0.15, -0.1) is 0 Å². The van der Waals surface area contributed by atoms with Gasteiger partial charge in [-0.3, -0.25) is 4.79 Å². The van der Waals surface area contributed by atoms with E-state index in [0.717, 1.165) is 5.56 Å². The minimum Gasteiger partial charge on any atom is -0.508 e. The van der Waals surface area contributed by atoms with Crippen LogP contribution in [0.15, 0.2) is 24.3 Å². The van der Waals surface area contributed by atoms with E-state index in [1.165, 1.54) is 0 Å². The third kappa shape index (κ3) is 6.25. The molecule has 3 N–H and O–H groups in total. The molecule has 0 radical (unpaired) electrons. The number of benzene rings is 1. The Labute approximate surface area is 108 Å². The monoisotopic (exact) mass is 251 g/mol. The zero-order chi connectivity index (χ0) is 13.6. The maximum Gasteiger partial charge on any atom is 0.305 e. The van der Waals surface area contributed by atoms with Crippen molar-refractivity contribution in [3.63, 3.8) is 0 Å². The van der Waals surface area contributed by atoms with Crippen molar-refractivity contribution in [1.29, 1.82) is 0 Å². The quantitative estimate of drug-likeness (QED) is 0.758. The van der Waals surface area contributed by atoms with Gasteiger partial charge in [0.2, 0.25) is 0 Å². The van der Waals surface area contributed by atoms with Crippen molar-refractivity contribution < 1.29 is 14.6 Å². The molecule has 1 rings (SSSR count). The number of nitrogens with two attached hydrogens (primary N) is 1. The highest BCUT2D eigenvalue weighted by atomic mass is 16.5. The fourth-order valence-electron chi connectivity index (χ4n) is 1.44. The average molecular weight is 251 g/mol. The van der Waals surface area contributed by atoms with E-state index >= 15 is 0 Å². The summed E-state index contributed by atoms with van der Waals surface area (Å²) in [6, 6.07) is 6.86. The molecule has 1 aromatic carbocycles. The molecule has 1 aromatic rings. The van der Waals surface area contributed by atoms with E-state index in [1.54, 1.807) is 12.1 Å². The molecule has 0 spiro atoms. The summed E-state index contributed by atoms with van der Waals surface area (Å²) in [6.45, 7) is 4.13. The molecule has 18 heavy (non-hydrogen) atoms. The molecule has 0 atom stereocenters. The van der Waals surface area contributed by atoms with E-state index in [-0.39, 0.29) is 17.3 Å². The number of hydrogen-bond donors (Lipinski definition) is 2. The lowest BCUT2D eigenvalue weighted by Gasteiger charge is -2.17. The van der Waals surface area contributed by atoms with Gasteiger partial charge in [-0.2, -0.15) is 0 Å². The van der Waals surface area contributed by atoms with Gasteiger partial charge in [0.05, 0.1) is 6.61 Å². The number of phenols is 1. The molecule has 0 bridgehead atoms. The maximum atomic E-state index is 11.4. The molecule has 0 fully saturated rings. The molecule has 0 aliphatic carbocycles. The molecule has 0 aliphatic heterocycles. The molecule has 0 aliphatic rings. The van der Waals surface area contributed by atoms with Crippen molar-refractivity contribution in [2.75, 3.05) is 6.61 Å². The molecule has 4 nitrogen and oxygen atoms in total. The highest BCUT2D eigenvalue weighted by Crippen LogP contribution is 2.11. The second-order valence-corrected chi connectivity index (χ2v) is 5.13. The first kappa shape index (κ1) is 14.5. The lowest BCUT2D eigenvalue weighted by molar-refractivity contribution is -0.143. The van der Waals surface area contributed by atoms with Crippen LogP contribution in [0.4, 0.5) is 0 Å². The SMILES string of the molecule is CC(C)(N)CCC(=O)OCCc1ccc(O)cc1. The number of carbonyl (C=O) groups excluding carboxylic acids is 1. The lowest BCUT2D eigenvalue weighted by atomic mass is 10.0. The Kier molecular flexibility index (Phi) is 5.16. The first-order valence-corrected chi connectivity index (χ1v) is 6.09. The second-order valence-electron chi connectivity index (χ2n) is 5.13. The first-order chi connectivity index (χ1) is 8.37. The Morgan fingerprint density at radius 1 is 1.33 bits per heavy atom. The van der Waals surface area contributed by atoms with Crippen LogP contribution >= 0.6 is 0 Å². The van der Waals surface area contributed by atoms with E-state index in [2.05, 4.69) is 0 Å². The molecule has 100 valence electrons. The first-order valence-electron chi connectivity index (χ1n) is 6.09. The Morgan fingerprint density at radius 3 is 2.50 bits per heavy atom. The van der Waals surface area contributed by atoms with E-state index in [4.69, 9.17) is 15.6 Å². The molecule has 0 aromatic heterocycles. The Bertz CT molecular complexity index is 379. The third-order valence-corrected chi connectivity index (χ3v) is 2.56. The van der Waals surface area contributed by atoms with Crippen LogP contribution in [0.5, 0.6) is 5.75 Å². The summed E-state index contributed by atoms with van der Waals surface area (Å²) in [6.07, 6.45) is 1.61. The Balaban J connectivity index is 2.21. The molecule has 0 saturated heterocycles. The summed E-state index contributed by atoms with van der Waals surface area (Å²) in [4.78, 5) is 11.4. The standard InChI is InChI=1S/C14H21NO3/c1-14(2,15)9-7-13(17)18-10-8-11-3-5-12(16)6-4-11/h3-6,16H,7-10,15H2,1-2H3. The Hall–Kier alpha value is -1.55. The van der Waals surface area contributed by atoms with Crippen LogP contribution in [0.2, 0.25) is 0 Å². The predicted octanol–water partition coefficient (Wildman–Crippen LogP) is 2.00. The second kappa shape index (κ2) is 6.40. The molecule has 0 amide bonds. The molecular formula is C14H21NO3. The van der Waals surface area contributed by atoms with E-state index in [1.807, 2.05) is 26.0 Å². The predicted molar refractivity (Wildman–Crippen MR) is 70.3 cm³/mol. The van der Waals surface area contributed by atoms with Gasteiger partial charge in [0, 0.05) is 18.4 Å². The van der Waals surface area contributed by atoms with Gasteiger partial charge in [-0.1, -0.05) is 12.1 Å². The minimum atomic E-state index is -0.337. The van der Waals surface area contributed by atoms with Gasteiger partial charge >= 0.3 is 5.97 Å². The zero-order valence-electron chi connectivity index (χ0n) is 11.0. The van der Waals surface area contributed by atoms with Gasteiger partial charge in [0.25, 0.3) is 0 Å². The fourth-order valence-corrected chi connectivity index (χ4v) is 1.44. The molecule has 0 saturated carbocycles. The van der Waals surface area contributed by atoms with Crippen molar-refractivity contribution in [3.05, 3.63) is 29.8 Å². The van der Waals surface area contributed by atoms with E-state index in [0.29, 0.717) is 25.9 Å². The number of esters is 1. The average Bonchev–Trinajstić information content (AvgIpc) is 2.28. The van der Waals surface area contributed by atoms with Crippen LogP contribution in [0.3, 0.4) is 0 Å². The van der Waals surface area contributed by atoms with Gasteiger partial charge < -0.3 is 15.6 Å². The van der Waals surface area contributed by atoms with Crippen LogP contribution in [-0.2, 0) is 16.0 Å².